The highest BCUT2D eigenvalue weighted by Gasteiger charge is 2.31. The standard InChI is InChI=1S/C13H10F3NO/c1-18-12-7-10(13(14,15)16)4-5-11(12)9-3-2-6-17-8-9/h2-8H,1H3. The molecule has 0 aliphatic carbocycles. The van der Waals surface area contributed by atoms with Crippen LogP contribution >= 0.6 is 0 Å². The first-order valence-electron chi connectivity index (χ1n) is 5.18. The molecule has 1 aromatic heterocycles. The van der Waals surface area contributed by atoms with Crippen molar-refractivity contribution in [1.29, 1.82) is 0 Å². The van der Waals surface area contributed by atoms with E-state index >= 15 is 0 Å². The van der Waals surface area contributed by atoms with Crippen LogP contribution in [0, 0.1) is 0 Å². The van der Waals surface area contributed by atoms with E-state index in [2.05, 4.69) is 4.98 Å². The Bertz CT molecular complexity index is 538. The fraction of sp³-hybridized carbons (Fsp3) is 0.154. The molecule has 0 aliphatic heterocycles. The Labute approximate surface area is 102 Å². The van der Waals surface area contributed by atoms with Crippen LogP contribution in [0.4, 0.5) is 13.2 Å². The van der Waals surface area contributed by atoms with E-state index in [-0.39, 0.29) is 5.75 Å². The van der Waals surface area contributed by atoms with Crippen molar-refractivity contribution in [3.05, 3.63) is 48.3 Å². The van der Waals surface area contributed by atoms with Crippen LogP contribution in [0.15, 0.2) is 42.7 Å². The average Bonchev–Trinajstić information content (AvgIpc) is 2.38. The Morgan fingerprint density at radius 2 is 1.94 bits per heavy atom. The van der Waals surface area contributed by atoms with Gasteiger partial charge in [0.25, 0.3) is 0 Å². The van der Waals surface area contributed by atoms with Crippen LogP contribution in [0.5, 0.6) is 5.75 Å². The van der Waals surface area contributed by atoms with E-state index in [1.165, 1.54) is 13.2 Å². The van der Waals surface area contributed by atoms with Crippen molar-refractivity contribution in [2.45, 2.75) is 6.18 Å². The largest absolute Gasteiger partial charge is 0.496 e. The van der Waals surface area contributed by atoms with E-state index in [1.807, 2.05) is 0 Å². The summed E-state index contributed by atoms with van der Waals surface area (Å²) in [6.45, 7) is 0. The molecule has 2 nitrogen and oxygen atoms in total. The van der Waals surface area contributed by atoms with Gasteiger partial charge in [-0.3, -0.25) is 4.98 Å². The Hall–Kier alpha value is -2.04. The second-order valence-corrected chi connectivity index (χ2v) is 3.65. The zero-order chi connectivity index (χ0) is 13.2. The second kappa shape index (κ2) is 4.68. The molecule has 0 N–H and O–H groups in total. The lowest BCUT2D eigenvalue weighted by atomic mass is 10.0. The van der Waals surface area contributed by atoms with Gasteiger partial charge in [0.2, 0.25) is 0 Å². The van der Waals surface area contributed by atoms with Crippen molar-refractivity contribution in [2.75, 3.05) is 7.11 Å². The molecule has 0 spiro atoms. The van der Waals surface area contributed by atoms with Gasteiger partial charge in [-0.25, -0.2) is 0 Å². The number of aromatic nitrogens is 1. The molecular weight excluding hydrogens is 243 g/mol. The number of benzene rings is 1. The zero-order valence-electron chi connectivity index (χ0n) is 9.53. The molecule has 1 heterocycles. The maximum Gasteiger partial charge on any atom is 0.416 e. The molecule has 0 aliphatic rings. The highest BCUT2D eigenvalue weighted by Crippen LogP contribution is 2.36. The maximum absolute atomic E-state index is 12.6. The molecular formula is C13H10F3NO. The minimum Gasteiger partial charge on any atom is -0.496 e. The third-order valence-corrected chi connectivity index (χ3v) is 2.50. The predicted octanol–water partition coefficient (Wildman–Crippen LogP) is 3.78. The molecule has 0 fully saturated rings. The molecule has 18 heavy (non-hydrogen) atoms. The number of alkyl halides is 3. The Kier molecular flexibility index (Phi) is 3.23. The van der Waals surface area contributed by atoms with Crippen molar-refractivity contribution in [3.63, 3.8) is 0 Å². The minimum atomic E-state index is -4.37. The Morgan fingerprint density at radius 1 is 1.17 bits per heavy atom. The van der Waals surface area contributed by atoms with Crippen LogP contribution in [-0.2, 0) is 6.18 Å². The summed E-state index contributed by atoms with van der Waals surface area (Å²) < 4.78 is 42.7. The minimum absolute atomic E-state index is 0.179. The van der Waals surface area contributed by atoms with Gasteiger partial charge in [0.05, 0.1) is 12.7 Å². The first-order valence-corrected chi connectivity index (χ1v) is 5.18. The number of ether oxygens (including phenoxy) is 1. The quantitative estimate of drug-likeness (QED) is 0.812. The number of pyridine rings is 1. The number of hydrogen-bond donors (Lipinski definition) is 0. The van der Waals surface area contributed by atoms with Crippen LogP contribution in [0.1, 0.15) is 5.56 Å². The Balaban J connectivity index is 2.51. The van der Waals surface area contributed by atoms with E-state index in [0.717, 1.165) is 12.1 Å². The van der Waals surface area contributed by atoms with Gasteiger partial charge < -0.3 is 4.74 Å². The molecule has 0 bridgehead atoms. The van der Waals surface area contributed by atoms with Crippen LogP contribution in [0.2, 0.25) is 0 Å². The van der Waals surface area contributed by atoms with Crippen LogP contribution in [-0.4, -0.2) is 12.1 Å². The number of halogens is 3. The van der Waals surface area contributed by atoms with Crippen molar-refractivity contribution < 1.29 is 17.9 Å². The highest BCUT2D eigenvalue weighted by atomic mass is 19.4. The zero-order valence-corrected chi connectivity index (χ0v) is 9.53. The smallest absolute Gasteiger partial charge is 0.416 e. The molecule has 94 valence electrons. The molecule has 0 unspecified atom stereocenters. The van der Waals surface area contributed by atoms with Crippen LogP contribution < -0.4 is 4.74 Å². The summed E-state index contributed by atoms with van der Waals surface area (Å²) in [6, 6.07) is 6.89. The fourth-order valence-corrected chi connectivity index (χ4v) is 1.63. The third kappa shape index (κ3) is 2.45. The molecule has 1 aromatic carbocycles. The normalized spacial score (nSPS) is 11.3. The molecule has 2 rings (SSSR count). The number of nitrogens with zero attached hydrogens (tertiary/aromatic N) is 1. The number of rotatable bonds is 2. The predicted molar refractivity (Wildman–Crippen MR) is 61.2 cm³/mol. The van der Waals surface area contributed by atoms with E-state index in [0.29, 0.717) is 11.1 Å². The van der Waals surface area contributed by atoms with Crippen molar-refractivity contribution >= 4 is 0 Å². The fourth-order valence-electron chi connectivity index (χ4n) is 1.63. The highest BCUT2D eigenvalue weighted by molar-refractivity contribution is 5.70. The molecule has 0 amide bonds. The summed E-state index contributed by atoms with van der Waals surface area (Å²) in [5.74, 6) is 0.179. The van der Waals surface area contributed by atoms with Gasteiger partial charge in [-0.05, 0) is 24.3 Å². The average molecular weight is 253 g/mol. The number of hydrogen-bond acceptors (Lipinski definition) is 2. The summed E-state index contributed by atoms with van der Waals surface area (Å²) >= 11 is 0. The third-order valence-electron chi connectivity index (χ3n) is 2.50. The van der Waals surface area contributed by atoms with Gasteiger partial charge >= 0.3 is 6.18 Å². The topological polar surface area (TPSA) is 22.1 Å². The molecule has 0 radical (unpaired) electrons. The first-order chi connectivity index (χ1) is 8.52. The molecule has 5 heteroatoms. The molecule has 0 atom stereocenters. The van der Waals surface area contributed by atoms with Gasteiger partial charge in [-0.2, -0.15) is 13.2 Å². The van der Waals surface area contributed by atoms with E-state index in [4.69, 9.17) is 4.74 Å². The van der Waals surface area contributed by atoms with E-state index in [9.17, 15) is 13.2 Å². The summed E-state index contributed by atoms with van der Waals surface area (Å²) in [7, 11) is 1.34. The monoisotopic (exact) mass is 253 g/mol. The molecule has 0 saturated carbocycles. The van der Waals surface area contributed by atoms with Crippen molar-refractivity contribution in [2.24, 2.45) is 0 Å². The van der Waals surface area contributed by atoms with Crippen LogP contribution in [0.3, 0.4) is 0 Å². The van der Waals surface area contributed by atoms with Gasteiger partial charge in [0, 0.05) is 23.5 Å². The van der Waals surface area contributed by atoms with E-state index < -0.39 is 11.7 Å². The van der Waals surface area contributed by atoms with Crippen molar-refractivity contribution in [1.82, 2.24) is 4.98 Å². The SMILES string of the molecule is COc1cc(C(F)(F)F)ccc1-c1cccnc1. The summed E-state index contributed by atoms with van der Waals surface area (Å²) in [6.07, 6.45) is -1.20. The number of methoxy groups -OCH3 is 1. The van der Waals surface area contributed by atoms with Gasteiger partial charge in [-0.15, -0.1) is 0 Å². The second-order valence-electron chi connectivity index (χ2n) is 3.65. The lowest BCUT2D eigenvalue weighted by molar-refractivity contribution is -0.137. The lowest BCUT2D eigenvalue weighted by Crippen LogP contribution is -2.05. The first kappa shape index (κ1) is 12.4. The van der Waals surface area contributed by atoms with Gasteiger partial charge in [0.1, 0.15) is 5.75 Å². The lowest BCUT2D eigenvalue weighted by Gasteiger charge is -2.12. The molecule has 2 aromatic rings. The maximum atomic E-state index is 12.6. The summed E-state index contributed by atoms with van der Waals surface area (Å²) in [5, 5.41) is 0. The van der Waals surface area contributed by atoms with Crippen LogP contribution in [0.25, 0.3) is 11.1 Å². The molecule has 0 saturated heterocycles. The van der Waals surface area contributed by atoms with Gasteiger partial charge in [-0.1, -0.05) is 6.07 Å². The van der Waals surface area contributed by atoms with Crippen molar-refractivity contribution in [3.8, 4) is 16.9 Å². The van der Waals surface area contributed by atoms with E-state index in [1.54, 1.807) is 24.5 Å². The Morgan fingerprint density at radius 3 is 2.50 bits per heavy atom. The summed E-state index contributed by atoms with van der Waals surface area (Å²) in [4.78, 5) is 3.93. The van der Waals surface area contributed by atoms with Gasteiger partial charge in [0.15, 0.2) is 0 Å². The summed E-state index contributed by atoms with van der Waals surface area (Å²) in [5.41, 5.74) is 0.564.